The second-order valence-electron chi connectivity index (χ2n) is 3.91. The van der Waals surface area contributed by atoms with Crippen molar-refractivity contribution in [1.29, 1.82) is 0 Å². The number of thioether (sulfide) groups is 1. The van der Waals surface area contributed by atoms with Gasteiger partial charge in [-0.1, -0.05) is 6.92 Å². The van der Waals surface area contributed by atoms with Gasteiger partial charge in [0, 0.05) is 12.6 Å². The molecule has 84 valence electrons. The van der Waals surface area contributed by atoms with Crippen LogP contribution >= 0.6 is 11.8 Å². The largest absolute Gasteiger partial charge is 0.378 e. The van der Waals surface area contributed by atoms with Crippen molar-refractivity contribution in [2.45, 2.75) is 45.3 Å². The Kier molecular flexibility index (Phi) is 6.65. The quantitative estimate of drug-likeness (QED) is 0.690. The van der Waals surface area contributed by atoms with Gasteiger partial charge in [0.2, 0.25) is 0 Å². The molecule has 2 unspecified atom stereocenters. The van der Waals surface area contributed by atoms with Crippen LogP contribution in [0.25, 0.3) is 0 Å². The third kappa shape index (κ3) is 5.23. The summed E-state index contributed by atoms with van der Waals surface area (Å²) >= 11 is 2.03. The van der Waals surface area contributed by atoms with E-state index in [1.54, 1.807) is 0 Å². The second-order valence-corrected chi connectivity index (χ2v) is 5.30. The molecule has 3 heteroatoms. The first kappa shape index (κ1) is 12.3. The van der Waals surface area contributed by atoms with E-state index in [1.165, 1.54) is 37.3 Å². The lowest BCUT2D eigenvalue weighted by Crippen LogP contribution is -2.38. The maximum atomic E-state index is 5.51. The molecule has 2 nitrogen and oxygen atoms in total. The molecule has 1 rings (SSSR count). The Hall–Kier alpha value is 0.270. The molecule has 0 aromatic carbocycles. The fraction of sp³-hybridized carbons (Fsp3) is 1.00. The summed E-state index contributed by atoms with van der Waals surface area (Å²) in [4.78, 5) is 0. The van der Waals surface area contributed by atoms with E-state index in [2.05, 4.69) is 19.2 Å². The normalized spacial score (nSPS) is 27.9. The third-order valence-corrected chi connectivity index (χ3v) is 3.57. The fourth-order valence-corrected chi connectivity index (χ4v) is 2.45. The molecule has 2 atom stereocenters. The molecule has 1 heterocycles. The molecule has 1 aliphatic rings. The molecule has 14 heavy (non-hydrogen) atoms. The van der Waals surface area contributed by atoms with Gasteiger partial charge < -0.3 is 10.1 Å². The second kappa shape index (κ2) is 7.55. The zero-order chi connectivity index (χ0) is 10.2. The van der Waals surface area contributed by atoms with Gasteiger partial charge in [-0.25, -0.2) is 0 Å². The maximum Gasteiger partial charge on any atom is 0.0561 e. The van der Waals surface area contributed by atoms with Gasteiger partial charge >= 0.3 is 0 Å². The number of nitrogens with one attached hydrogen (secondary N) is 1. The van der Waals surface area contributed by atoms with Gasteiger partial charge in [-0.3, -0.25) is 0 Å². The summed E-state index contributed by atoms with van der Waals surface area (Å²) in [7, 11) is 0. The molecule has 0 bridgehead atoms. The monoisotopic (exact) mass is 217 g/mol. The number of hydrogen-bond donors (Lipinski definition) is 1. The lowest BCUT2D eigenvalue weighted by atomic mass is 10.0. The molecule has 1 aliphatic heterocycles. The van der Waals surface area contributed by atoms with Gasteiger partial charge in [0.15, 0.2) is 0 Å². The fourth-order valence-electron chi connectivity index (χ4n) is 1.81. The summed E-state index contributed by atoms with van der Waals surface area (Å²) < 4.78 is 5.51. The molecule has 0 saturated carbocycles. The summed E-state index contributed by atoms with van der Waals surface area (Å²) in [5, 5.41) is 3.62. The summed E-state index contributed by atoms with van der Waals surface area (Å²) in [6, 6.07) is 0.699. The van der Waals surface area contributed by atoms with Crippen molar-refractivity contribution < 1.29 is 4.74 Å². The lowest BCUT2D eigenvalue weighted by Gasteiger charge is -2.28. The smallest absolute Gasteiger partial charge is 0.0561 e. The van der Waals surface area contributed by atoms with E-state index in [1.807, 2.05) is 11.8 Å². The molecule has 0 amide bonds. The van der Waals surface area contributed by atoms with Gasteiger partial charge in [0.1, 0.15) is 0 Å². The Morgan fingerprint density at radius 1 is 1.50 bits per heavy atom. The molecule has 1 fully saturated rings. The first-order chi connectivity index (χ1) is 6.83. The molecule has 0 aromatic heterocycles. The van der Waals surface area contributed by atoms with E-state index in [0.717, 1.165) is 6.61 Å². The maximum absolute atomic E-state index is 5.51. The Morgan fingerprint density at radius 2 is 2.36 bits per heavy atom. The van der Waals surface area contributed by atoms with E-state index >= 15 is 0 Å². The Balaban J connectivity index is 1.95. The molecule has 0 radical (unpaired) electrons. The summed E-state index contributed by atoms with van der Waals surface area (Å²) in [6.07, 6.45) is 4.11. The highest BCUT2D eigenvalue weighted by Gasteiger charge is 2.17. The highest BCUT2D eigenvalue weighted by Crippen LogP contribution is 2.13. The van der Waals surface area contributed by atoms with Gasteiger partial charge in [0.05, 0.1) is 6.10 Å². The van der Waals surface area contributed by atoms with Crippen LogP contribution in [0.2, 0.25) is 0 Å². The van der Waals surface area contributed by atoms with Crippen LogP contribution in [0.15, 0.2) is 0 Å². The van der Waals surface area contributed by atoms with E-state index in [9.17, 15) is 0 Å². The van der Waals surface area contributed by atoms with Crippen LogP contribution in [0.3, 0.4) is 0 Å². The molecule has 0 aromatic rings. The third-order valence-electron chi connectivity index (χ3n) is 2.59. The predicted octanol–water partition coefficient (Wildman–Crippen LogP) is 2.29. The Bertz CT molecular complexity index is 143. The Labute approximate surface area is 92.2 Å². The summed E-state index contributed by atoms with van der Waals surface area (Å²) in [5.41, 5.74) is 0. The SMILES string of the molecule is CCSCCCNC1CCOC(C)C1. The molecule has 1 N–H and O–H groups in total. The van der Waals surface area contributed by atoms with E-state index in [4.69, 9.17) is 4.74 Å². The van der Waals surface area contributed by atoms with Crippen LogP contribution in [-0.4, -0.2) is 36.8 Å². The van der Waals surface area contributed by atoms with Crippen molar-refractivity contribution in [1.82, 2.24) is 5.32 Å². The first-order valence-electron chi connectivity index (χ1n) is 5.75. The van der Waals surface area contributed by atoms with Crippen LogP contribution in [0.1, 0.15) is 33.1 Å². The van der Waals surface area contributed by atoms with E-state index < -0.39 is 0 Å². The van der Waals surface area contributed by atoms with Gasteiger partial charge in [-0.05, 0) is 44.2 Å². The van der Waals surface area contributed by atoms with Crippen molar-refractivity contribution in [3.63, 3.8) is 0 Å². The van der Waals surface area contributed by atoms with E-state index in [0.29, 0.717) is 12.1 Å². The average Bonchev–Trinajstić information content (AvgIpc) is 2.18. The van der Waals surface area contributed by atoms with Crippen LogP contribution < -0.4 is 5.32 Å². The van der Waals surface area contributed by atoms with Crippen molar-refractivity contribution in [3.05, 3.63) is 0 Å². The van der Waals surface area contributed by atoms with Crippen LogP contribution in [0.4, 0.5) is 0 Å². The molecule has 0 aliphatic carbocycles. The van der Waals surface area contributed by atoms with Crippen molar-refractivity contribution in [2.75, 3.05) is 24.7 Å². The van der Waals surface area contributed by atoms with Gasteiger partial charge in [0.25, 0.3) is 0 Å². The highest BCUT2D eigenvalue weighted by atomic mass is 32.2. The molecule has 0 spiro atoms. The van der Waals surface area contributed by atoms with Crippen molar-refractivity contribution in [2.24, 2.45) is 0 Å². The zero-order valence-corrected chi connectivity index (χ0v) is 10.2. The minimum atomic E-state index is 0.450. The van der Waals surface area contributed by atoms with Crippen LogP contribution in [0.5, 0.6) is 0 Å². The molecular weight excluding hydrogens is 194 g/mol. The van der Waals surface area contributed by atoms with Gasteiger partial charge in [-0.15, -0.1) is 0 Å². The minimum absolute atomic E-state index is 0.450. The van der Waals surface area contributed by atoms with Crippen LogP contribution in [-0.2, 0) is 4.74 Å². The topological polar surface area (TPSA) is 21.3 Å². The first-order valence-corrected chi connectivity index (χ1v) is 6.91. The number of hydrogen-bond acceptors (Lipinski definition) is 3. The number of rotatable bonds is 6. The zero-order valence-electron chi connectivity index (χ0n) is 9.42. The Morgan fingerprint density at radius 3 is 3.07 bits per heavy atom. The van der Waals surface area contributed by atoms with Crippen molar-refractivity contribution in [3.8, 4) is 0 Å². The van der Waals surface area contributed by atoms with Gasteiger partial charge in [-0.2, -0.15) is 11.8 Å². The predicted molar refractivity (Wildman–Crippen MR) is 64.1 cm³/mol. The average molecular weight is 217 g/mol. The standard InChI is InChI=1S/C11H23NOS/c1-3-14-8-4-6-12-11-5-7-13-10(2)9-11/h10-12H,3-9H2,1-2H3. The molecular formula is C11H23NOS. The van der Waals surface area contributed by atoms with Crippen molar-refractivity contribution >= 4 is 11.8 Å². The summed E-state index contributed by atoms with van der Waals surface area (Å²) in [5.74, 6) is 2.54. The summed E-state index contributed by atoms with van der Waals surface area (Å²) in [6.45, 7) is 6.49. The van der Waals surface area contributed by atoms with Crippen LogP contribution in [0, 0.1) is 0 Å². The molecule has 1 saturated heterocycles. The number of ether oxygens (including phenoxy) is 1. The van der Waals surface area contributed by atoms with E-state index in [-0.39, 0.29) is 0 Å². The highest BCUT2D eigenvalue weighted by molar-refractivity contribution is 7.99. The minimum Gasteiger partial charge on any atom is -0.378 e. The lowest BCUT2D eigenvalue weighted by molar-refractivity contribution is 0.0135.